The number of fused-ring (bicyclic) bond motifs is 1. The van der Waals surface area contributed by atoms with Crippen LogP contribution in [0.4, 0.5) is 0 Å². The van der Waals surface area contributed by atoms with Crippen LogP contribution in [0.3, 0.4) is 0 Å². The predicted molar refractivity (Wildman–Crippen MR) is 84.6 cm³/mol. The highest BCUT2D eigenvalue weighted by molar-refractivity contribution is 6.05. The summed E-state index contributed by atoms with van der Waals surface area (Å²) in [5, 5.41) is 4.72. The smallest absolute Gasteiger partial charge is 0.258 e. The molecule has 2 aliphatic heterocycles. The summed E-state index contributed by atoms with van der Waals surface area (Å²) in [7, 11) is 0. The molecule has 0 radical (unpaired) electrons. The number of rotatable bonds is 3. The Kier molecular flexibility index (Phi) is 4.44. The maximum absolute atomic E-state index is 12.3. The molecule has 0 aliphatic carbocycles. The van der Waals surface area contributed by atoms with E-state index in [2.05, 4.69) is 10.6 Å². The fourth-order valence-corrected chi connectivity index (χ4v) is 3.19. The standard InChI is InChI=1S/C17H19N3O4/c1-2-14(21)18-16(23)11-5-3-4-10-8-20(9-12(10)11)13-6-7-15(22)19-17(13)24/h3-5,13H,2,6-9H2,1H3,(H,18,21,23)(H,19,22,24). The highest BCUT2D eigenvalue weighted by Gasteiger charge is 2.35. The Hall–Kier alpha value is -2.54. The zero-order valence-electron chi connectivity index (χ0n) is 13.4. The van der Waals surface area contributed by atoms with Gasteiger partial charge in [-0.1, -0.05) is 19.1 Å². The molecule has 1 aromatic carbocycles. The average Bonchev–Trinajstić information content (AvgIpc) is 2.98. The van der Waals surface area contributed by atoms with Gasteiger partial charge >= 0.3 is 0 Å². The molecule has 1 saturated heterocycles. The van der Waals surface area contributed by atoms with Crippen LogP contribution in [0.15, 0.2) is 18.2 Å². The van der Waals surface area contributed by atoms with Gasteiger partial charge in [-0.3, -0.25) is 34.7 Å². The summed E-state index contributed by atoms with van der Waals surface area (Å²) in [6, 6.07) is 5.01. The number of nitrogens with one attached hydrogen (secondary N) is 2. The third-order valence-corrected chi connectivity index (χ3v) is 4.48. The van der Waals surface area contributed by atoms with Gasteiger partial charge in [-0.15, -0.1) is 0 Å². The largest absolute Gasteiger partial charge is 0.295 e. The normalized spacial score (nSPS) is 20.5. The van der Waals surface area contributed by atoms with Crippen molar-refractivity contribution in [3.8, 4) is 0 Å². The molecular weight excluding hydrogens is 310 g/mol. The number of amides is 4. The molecule has 0 spiro atoms. The molecule has 1 atom stereocenters. The Morgan fingerprint density at radius 1 is 1.29 bits per heavy atom. The van der Waals surface area contributed by atoms with Crippen molar-refractivity contribution in [1.29, 1.82) is 0 Å². The second kappa shape index (κ2) is 6.52. The van der Waals surface area contributed by atoms with E-state index < -0.39 is 5.91 Å². The molecule has 24 heavy (non-hydrogen) atoms. The van der Waals surface area contributed by atoms with Crippen molar-refractivity contribution < 1.29 is 19.2 Å². The van der Waals surface area contributed by atoms with Crippen LogP contribution in [-0.2, 0) is 27.5 Å². The molecule has 4 amide bonds. The van der Waals surface area contributed by atoms with Crippen LogP contribution in [0.25, 0.3) is 0 Å². The molecule has 2 N–H and O–H groups in total. The van der Waals surface area contributed by atoms with Gasteiger partial charge in [0.15, 0.2) is 0 Å². The molecule has 2 heterocycles. The Morgan fingerprint density at radius 2 is 2.08 bits per heavy atom. The second-order valence-electron chi connectivity index (χ2n) is 6.05. The van der Waals surface area contributed by atoms with E-state index in [0.29, 0.717) is 31.5 Å². The Balaban J connectivity index is 1.79. The maximum atomic E-state index is 12.3. The fraction of sp³-hybridized carbons (Fsp3) is 0.412. The lowest BCUT2D eigenvalue weighted by Gasteiger charge is -2.29. The summed E-state index contributed by atoms with van der Waals surface area (Å²) in [5.41, 5.74) is 2.27. The maximum Gasteiger partial charge on any atom is 0.258 e. The van der Waals surface area contributed by atoms with Crippen LogP contribution in [0.1, 0.15) is 47.7 Å². The molecule has 7 nitrogen and oxygen atoms in total. The monoisotopic (exact) mass is 329 g/mol. The molecule has 2 aliphatic rings. The summed E-state index contributed by atoms with van der Waals surface area (Å²) >= 11 is 0. The van der Waals surface area contributed by atoms with Gasteiger partial charge in [-0.2, -0.15) is 0 Å². The zero-order chi connectivity index (χ0) is 17.3. The van der Waals surface area contributed by atoms with Crippen molar-refractivity contribution in [2.24, 2.45) is 0 Å². The van der Waals surface area contributed by atoms with Gasteiger partial charge in [-0.25, -0.2) is 0 Å². The quantitative estimate of drug-likeness (QED) is 0.786. The second-order valence-corrected chi connectivity index (χ2v) is 6.05. The van der Waals surface area contributed by atoms with E-state index in [-0.39, 0.29) is 30.2 Å². The SMILES string of the molecule is CCC(=O)NC(=O)c1cccc2c1CN(C1CCC(=O)NC1=O)C2. The van der Waals surface area contributed by atoms with Crippen LogP contribution in [0, 0.1) is 0 Å². The topological polar surface area (TPSA) is 95.6 Å². The number of carbonyl (C=O) groups excluding carboxylic acids is 4. The van der Waals surface area contributed by atoms with E-state index in [1.165, 1.54) is 0 Å². The lowest BCUT2D eigenvalue weighted by atomic mass is 10.0. The van der Waals surface area contributed by atoms with E-state index in [4.69, 9.17) is 0 Å². The van der Waals surface area contributed by atoms with Gasteiger partial charge < -0.3 is 0 Å². The third-order valence-electron chi connectivity index (χ3n) is 4.48. The fourth-order valence-electron chi connectivity index (χ4n) is 3.19. The Labute approximate surface area is 139 Å². The van der Waals surface area contributed by atoms with Gasteiger partial charge in [0.05, 0.1) is 6.04 Å². The average molecular weight is 329 g/mol. The van der Waals surface area contributed by atoms with Gasteiger partial charge in [0, 0.05) is 31.5 Å². The highest BCUT2D eigenvalue weighted by atomic mass is 16.2. The molecule has 0 aromatic heterocycles. The third kappa shape index (κ3) is 3.07. The number of hydrogen-bond acceptors (Lipinski definition) is 5. The minimum Gasteiger partial charge on any atom is -0.295 e. The lowest BCUT2D eigenvalue weighted by Crippen LogP contribution is -2.50. The van der Waals surface area contributed by atoms with E-state index >= 15 is 0 Å². The van der Waals surface area contributed by atoms with Gasteiger partial charge in [0.2, 0.25) is 17.7 Å². The minimum absolute atomic E-state index is 0.239. The summed E-state index contributed by atoms with van der Waals surface area (Å²) < 4.78 is 0. The van der Waals surface area contributed by atoms with Crippen molar-refractivity contribution in [2.75, 3.05) is 0 Å². The Morgan fingerprint density at radius 3 is 2.79 bits per heavy atom. The first-order valence-corrected chi connectivity index (χ1v) is 8.02. The van der Waals surface area contributed by atoms with Crippen molar-refractivity contribution in [3.05, 3.63) is 34.9 Å². The first kappa shape index (κ1) is 16.3. The molecule has 3 rings (SSSR count). The van der Waals surface area contributed by atoms with Crippen LogP contribution in [0.5, 0.6) is 0 Å². The number of nitrogens with zero attached hydrogens (tertiary/aromatic N) is 1. The molecule has 0 bridgehead atoms. The van der Waals surface area contributed by atoms with Gasteiger partial charge in [0.25, 0.3) is 5.91 Å². The number of imide groups is 2. The summed E-state index contributed by atoms with van der Waals surface area (Å²) in [6.45, 7) is 2.68. The summed E-state index contributed by atoms with van der Waals surface area (Å²) in [5.74, 6) is -1.27. The molecule has 0 saturated carbocycles. The van der Waals surface area contributed by atoms with Crippen molar-refractivity contribution in [2.45, 2.75) is 45.3 Å². The van der Waals surface area contributed by atoms with Crippen molar-refractivity contribution >= 4 is 23.6 Å². The number of carbonyl (C=O) groups is 4. The highest BCUT2D eigenvalue weighted by Crippen LogP contribution is 2.29. The minimum atomic E-state index is -0.413. The van der Waals surface area contributed by atoms with E-state index in [9.17, 15) is 19.2 Å². The molecule has 1 fully saturated rings. The molecular formula is C17H19N3O4. The van der Waals surface area contributed by atoms with Crippen molar-refractivity contribution in [1.82, 2.24) is 15.5 Å². The van der Waals surface area contributed by atoms with Crippen LogP contribution in [0.2, 0.25) is 0 Å². The van der Waals surface area contributed by atoms with Gasteiger partial charge in [0.1, 0.15) is 0 Å². The van der Waals surface area contributed by atoms with Gasteiger partial charge in [-0.05, 0) is 23.6 Å². The Bertz CT molecular complexity index is 729. The molecule has 7 heteroatoms. The van der Waals surface area contributed by atoms with Crippen molar-refractivity contribution in [3.63, 3.8) is 0 Å². The molecule has 126 valence electrons. The number of piperidine rings is 1. The summed E-state index contributed by atoms with van der Waals surface area (Å²) in [4.78, 5) is 49.0. The zero-order valence-corrected chi connectivity index (χ0v) is 13.4. The molecule has 1 unspecified atom stereocenters. The van der Waals surface area contributed by atoms with E-state index in [1.807, 2.05) is 11.0 Å². The van der Waals surface area contributed by atoms with Crippen LogP contribution >= 0.6 is 0 Å². The first-order valence-electron chi connectivity index (χ1n) is 8.02. The van der Waals surface area contributed by atoms with Crippen LogP contribution in [-0.4, -0.2) is 34.6 Å². The van der Waals surface area contributed by atoms with E-state index in [1.54, 1.807) is 19.1 Å². The lowest BCUT2D eigenvalue weighted by molar-refractivity contribution is -0.137. The molecule has 1 aromatic rings. The number of benzene rings is 1. The first-order chi connectivity index (χ1) is 11.5. The summed E-state index contributed by atoms with van der Waals surface area (Å²) in [6.07, 6.45) is 1.04. The predicted octanol–water partition coefficient (Wildman–Crippen LogP) is 0.474. The van der Waals surface area contributed by atoms with Crippen LogP contribution < -0.4 is 10.6 Å². The number of hydrogen-bond donors (Lipinski definition) is 2. The van der Waals surface area contributed by atoms with E-state index in [0.717, 1.165) is 11.1 Å².